The van der Waals surface area contributed by atoms with E-state index >= 15 is 0 Å². The fourth-order valence-corrected chi connectivity index (χ4v) is 3.70. The molecule has 0 aromatic heterocycles. The highest BCUT2D eigenvalue weighted by Gasteiger charge is 2.43. The van der Waals surface area contributed by atoms with E-state index in [1.165, 1.54) is 4.90 Å². The van der Waals surface area contributed by atoms with Crippen LogP contribution in [0.2, 0.25) is 10.0 Å². The van der Waals surface area contributed by atoms with E-state index in [0.29, 0.717) is 21.7 Å². The van der Waals surface area contributed by atoms with Crippen LogP contribution in [-0.2, 0) is 9.59 Å². The minimum atomic E-state index is -0.349. The van der Waals surface area contributed by atoms with Gasteiger partial charge in [0.1, 0.15) is 0 Å². The fraction of sp³-hybridized carbons (Fsp3) is 0.500. The van der Waals surface area contributed by atoms with E-state index in [2.05, 4.69) is 11.8 Å². The lowest BCUT2D eigenvalue weighted by molar-refractivity contribution is -0.123. The first-order valence-corrected chi connectivity index (χ1v) is 8.28. The molecule has 2 amide bonds. The molecule has 2 aliphatic rings. The molecule has 2 heterocycles. The Morgan fingerprint density at radius 1 is 1.05 bits per heavy atom. The number of amides is 2. The first kappa shape index (κ1) is 15.8. The van der Waals surface area contributed by atoms with E-state index < -0.39 is 0 Å². The monoisotopic (exact) mass is 340 g/mol. The average Bonchev–Trinajstić information content (AvgIpc) is 2.74. The van der Waals surface area contributed by atoms with Crippen LogP contribution >= 0.6 is 23.2 Å². The number of hydrogen-bond acceptors (Lipinski definition) is 3. The summed E-state index contributed by atoms with van der Waals surface area (Å²) >= 11 is 12.0. The molecule has 4 nitrogen and oxygen atoms in total. The molecule has 2 aliphatic heterocycles. The predicted octanol–water partition coefficient (Wildman–Crippen LogP) is 3.36. The van der Waals surface area contributed by atoms with Gasteiger partial charge < -0.3 is 0 Å². The molecule has 0 radical (unpaired) electrons. The zero-order valence-corrected chi connectivity index (χ0v) is 13.9. The number of likely N-dealkylation sites (tertiary alicyclic amines) is 1. The molecule has 0 aliphatic carbocycles. The van der Waals surface area contributed by atoms with Crippen molar-refractivity contribution in [2.45, 2.75) is 32.2 Å². The van der Waals surface area contributed by atoms with E-state index in [-0.39, 0.29) is 24.3 Å². The summed E-state index contributed by atoms with van der Waals surface area (Å²) in [7, 11) is 0. The minimum absolute atomic E-state index is 0.169. The predicted molar refractivity (Wildman–Crippen MR) is 87.3 cm³/mol. The minimum Gasteiger partial charge on any atom is -0.292 e. The molecule has 22 heavy (non-hydrogen) atoms. The molecule has 2 fully saturated rings. The molecular weight excluding hydrogens is 323 g/mol. The van der Waals surface area contributed by atoms with Gasteiger partial charge in [-0.3, -0.25) is 14.5 Å². The van der Waals surface area contributed by atoms with Gasteiger partial charge in [-0.05, 0) is 50.0 Å². The van der Waals surface area contributed by atoms with Gasteiger partial charge in [-0.1, -0.05) is 30.1 Å². The van der Waals surface area contributed by atoms with Crippen LogP contribution in [0.5, 0.6) is 0 Å². The maximum Gasteiger partial charge on any atom is 0.251 e. The van der Waals surface area contributed by atoms with Crippen LogP contribution in [0.4, 0.5) is 5.69 Å². The van der Waals surface area contributed by atoms with Crippen LogP contribution in [0.1, 0.15) is 26.2 Å². The Kier molecular flexibility index (Phi) is 4.44. The molecule has 2 saturated heterocycles. The van der Waals surface area contributed by atoms with Crippen molar-refractivity contribution < 1.29 is 9.59 Å². The number of anilines is 1. The normalized spacial score (nSPS) is 24.3. The van der Waals surface area contributed by atoms with E-state index in [4.69, 9.17) is 23.2 Å². The molecule has 0 spiro atoms. The summed E-state index contributed by atoms with van der Waals surface area (Å²) in [6.07, 6.45) is 2.37. The fourth-order valence-electron chi connectivity index (χ4n) is 3.18. The van der Waals surface area contributed by atoms with Gasteiger partial charge >= 0.3 is 0 Å². The number of nitrogens with zero attached hydrogens (tertiary/aromatic N) is 2. The second kappa shape index (κ2) is 6.19. The lowest BCUT2D eigenvalue weighted by Gasteiger charge is -2.33. The summed E-state index contributed by atoms with van der Waals surface area (Å²) in [5.74, 6) is 0.330. The van der Waals surface area contributed by atoms with Crippen molar-refractivity contribution in [2.75, 3.05) is 18.0 Å². The van der Waals surface area contributed by atoms with Crippen LogP contribution in [0.15, 0.2) is 18.2 Å². The highest BCUT2D eigenvalue weighted by molar-refractivity contribution is 6.35. The van der Waals surface area contributed by atoms with Crippen molar-refractivity contribution >= 4 is 40.7 Å². The molecule has 3 rings (SSSR count). The molecule has 1 unspecified atom stereocenters. The molecule has 1 aromatic carbocycles. The third kappa shape index (κ3) is 3.00. The Morgan fingerprint density at radius 2 is 1.64 bits per heavy atom. The van der Waals surface area contributed by atoms with Crippen LogP contribution in [0.25, 0.3) is 0 Å². The van der Waals surface area contributed by atoms with Gasteiger partial charge in [-0.2, -0.15) is 0 Å². The highest BCUT2D eigenvalue weighted by atomic mass is 35.5. The quantitative estimate of drug-likeness (QED) is 0.775. The highest BCUT2D eigenvalue weighted by Crippen LogP contribution is 2.31. The number of piperidine rings is 1. The Balaban J connectivity index is 1.82. The third-order valence-corrected chi connectivity index (χ3v) is 4.92. The van der Waals surface area contributed by atoms with E-state index in [0.717, 1.165) is 25.9 Å². The van der Waals surface area contributed by atoms with Crippen molar-refractivity contribution in [1.29, 1.82) is 0 Å². The zero-order chi connectivity index (χ0) is 15.9. The van der Waals surface area contributed by atoms with E-state index in [1.807, 2.05) is 0 Å². The maximum atomic E-state index is 12.7. The second-order valence-corrected chi connectivity index (χ2v) is 7.01. The number of imide groups is 1. The summed E-state index contributed by atoms with van der Waals surface area (Å²) in [6, 6.07) is 4.44. The summed E-state index contributed by atoms with van der Waals surface area (Å²) in [4.78, 5) is 28.4. The summed E-state index contributed by atoms with van der Waals surface area (Å²) in [6.45, 7) is 3.96. The van der Waals surface area contributed by atoms with Gasteiger partial charge in [0.05, 0.1) is 18.2 Å². The standard InChI is InChI=1S/C16H18Cl2N2O2/c1-10-2-4-19(5-3-10)14-9-15(21)20(16(14)22)13-7-11(17)6-12(18)8-13/h6-8,10,14H,2-5,9H2,1H3. The van der Waals surface area contributed by atoms with Crippen molar-refractivity contribution in [3.8, 4) is 0 Å². The van der Waals surface area contributed by atoms with Crippen LogP contribution in [-0.4, -0.2) is 35.8 Å². The number of hydrogen-bond donors (Lipinski definition) is 0. The largest absolute Gasteiger partial charge is 0.292 e. The lowest BCUT2D eigenvalue weighted by Crippen LogP contribution is -2.45. The second-order valence-electron chi connectivity index (χ2n) is 6.13. The lowest BCUT2D eigenvalue weighted by atomic mass is 9.97. The molecule has 1 atom stereocenters. The number of benzene rings is 1. The van der Waals surface area contributed by atoms with Gasteiger partial charge in [0, 0.05) is 10.0 Å². The van der Waals surface area contributed by atoms with Gasteiger partial charge in [0.15, 0.2) is 0 Å². The molecule has 6 heteroatoms. The van der Waals surface area contributed by atoms with Crippen LogP contribution < -0.4 is 4.90 Å². The van der Waals surface area contributed by atoms with Crippen molar-refractivity contribution in [2.24, 2.45) is 5.92 Å². The SMILES string of the molecule is CC1CCN(C2CC(=O)N(c3cc(Cl)cc(Cl)c3)C2=O)CC1. The maximum absolute atomic E-state index is 12.7. The Bertz CT molecular complexity index is 592. The third-order valence-electron chi connectivity index (χ3n) is 4.49. The number of rotatable bonds is 2. The van der Waals surface area contributed by atoms with E-state index in [9.17, 15) is 9.59 Å². The molecule has 1 aromatic rings. The molecule has 0 N–H and O–H groups in total. The molecule has 0 saturated carbocycles. The van der Waals surface area contributed by atoms with Crippen molar-refractivity contribution in [3.63, 3.8) is 0 Å². The Hall–Kier alpha value is -1.10. The van der Waals surface area contributed by atoms with E-state index in [1.54, 1.807) is 18.2 Å². The van der Waals surface area contributed by atoms with Crippen LogP contribution in [0.3, 0.4) is 0 Å². The zero-order valence-electron chi connectivity index (χ0n) is 12.4. The summed E-state index contributed by atoms with van der Waals surface area (Å²) in [5.41, 5.74) is 0.459. The van der Waals surface area contributed by atoms with Gasteiger partial charge in [-0.15, -0.1) is 0 Å². The topological polar surface area (TPSA) is 40.6 Å². The smallest absolute Gasteiger partial charge is 0.251 e. The van der Waals surface area contributed by atoms with Crippen molar-refractivity contribution in [3.05, 3.63) is 28.2 Å². The number of halogens is 2. The van der Waals surface area contributed by atoms with Gasteiger partial charge in [0.2, 0.25) is 5.91 Å². The molecular formula is C16H18Cl2N2O2. The van der Waals surface area contributed by atoms with Crippen molar-refractivity contribution in [1.82, 2.24) is 4.90 Å². The molecule has 0 bridgehead atoms. The van der Waals surface area contributed by atoms with Gasteiger partial charge in [0.25, 0.3) is 5.91 Å². The van der Waals surface area contributed by atoms with Crippen LogP contribution in [0, 0.1) is 5.92 Å². The molecule has 118 valence electrons. The first-order valence-electron chi connectivity index (χ1n) is 7.52. The van der Waals surface area contributed by atoms with Gasteiger partial charge in [-0.25, -0.2) is 4.90 Å². The average molecular weight is 341 g/mol. The number of carbonyl (C=O) groups is 2. The summed E-state index contributed by atoms with van der Waals surface area (Å²) in [5, 5.41) is 0.830. The summed E-state index contributed by atoms with van der Waals surface area (Å²) < 4.78 is 0. The Labute approximate surface area is 140 Å². The number of carbonyl (C=O) groups excluding carboxylic acids is 2. The Morgan fingerprint density at radius 3 is 2.23 bits per heavy atom. The first-order chi connectivity index (χ1) is 10.5.